The van der Waals surface area contributed by atoms with Crippen molar-refractivity contribution in [1.29, 1.82) is 0 Å². The van der Waals surface area contributed by atoms with Crippen molar-refractivity contribution in [1.82, 2.24) is 19.3 Å². The molecular formula is C13H13ClN4S. The smallest absolute Gasteiger partial charge is 0.178 e. The Kier molecular flexibility index (Phi) is 2.95. The van der Waals surface area contributed by atoms with E-state index in [-0.39, 0.29) is 0 Å². The van der Waals surface area contributed by atoms with E-state index in [9.17, 15) is 0 Å². The van der Waals surface area contributed by atoms with Gasteiger partial charge >= 0.3 is 0 Å². The van der Waals surface area contributed by atoms with Gasteiger partial charge in [0.2, 0.25) is 0 Å². The molecule has 0 saturated heterocycles. The van der Waals surface area contributed by atoms with Crippen LogP contribution >= 0.6 is 23.8 Å². The molecule has 3 rings (SSSR count). The van der Waals surface area contributed by atoms with Crippen molar-refractivity contribution < 1.29 is 0 Å². The van der Waals surface area contributed by atoms with Gasteiger partial charge in [-0.25, -0.2) is 0 Å². The zero-order valence-corrected chi connectivity index (χ0v) is 12.2. The average molecular weight is 293 g/mol. The zero-order chi connectivity index (χ0) is 13.6. The van der Waals surface area contributed by atoms with Crippen molar-refractivity contribution in [3.63, 3.8) is 0 Å². The molecule has 19 heavy (non-hydrogen) atoms. The van der Waals surface area contributed by atoms with E-state index in [1.165, 1.54) is 0 Å². The number of para-hydroxylation sites is 1. The minimum atomic E-state index is 0.669. The summed E-state index contributed by atoms with van der Waals surface area (Å²) in [6.45, 7) is 2.66. The van der Waals surface area contributed by atoms with E-state index in [4.69, 9.17) is 23.8 Å². The number of hydrogen-bond donors (Lipinski definition) is 1. The van der Waals surface area contributed by atoms with Gasteiger partial charge in [0.1, 0.15) is 0 Å². The SMILES string of the molecule is Cc1nn(C)cc1Cn1c(=S)[nH]c2cccc(Cl)c21. The molecule has 6 heteroatoms. The number of aryl methyl sites for hydroxylation is 2. The first kappa shape index (κ1) is 12.4. The fraction of sp³-hybridized carbons (Fsp3) is 0.231. The largest absolute Gasteiger partial charge is 0.331 e. The Morgan fingerprint density at radius 1 is 1.42 bits per heavy atom. The highest BCUT2D eigenvalue weighted by Gasteiger charge is 2.11. The first-order chi connectivity index (χ1) is 9.06. The lowest BCUT2D eigenvalue weighted by molar-refractivity contribution is 0.755. The van der Waals surface area contributed by atoms with Crippen molar-refractivity contribution in [2.24, 2.45) is 7.05 Å². The van der Waals surface area contributed by atoms with E-state index >= 15 is 0 Å². The average Bonchev–Trinajstić information content (AvgIpc) is 2.82. The zero-order valence-electron chi connectivity index (χ0n) is 10.6. The number of halogens is 1. The number of nitrogens with zero attached hydrogens (tertiary/aromatic N) is 3. The predicted molar refractivity (Wildman–Crippen MR) is 79.2 cm³/mol. The van der Waals surface area contributed by atoms with Crippen molar-refractivity contribution in [2.45, 2.75) is 13.5 Å². The lowest BCUT2D eigenvalue weighted by atomic mass is 10.2. The summed E-state index contributed by atoms with van der Waals surface area (Å²) in [5, 5.41) is 5.05. The Balaban J connectivity index is 2.18. The van der Waals surface area contributed by atoms with Crippen molar-refractivity contribution in [2.75, 3.05) is 0 Å². The van der Waals surface area contributed by atoms with Crippen molar-refractivity contribution in [3.8, 4) is 0 Å². The van der Waals surface area contributed by atoms with Gasteiger partial charge in [0.15, 0.2) is 4.77 Å². The number of aromatic amines is 1. The maximum Gasteiger partial charge on any atom is 0.178 e. The third-order valence-electron chi connectivity index (χ3n) is 3.19. The molecule has 1 N–H and O–H groups in total. The van der Waals surface area contributed by atoms with Crippen LogP contribution in [0.3, 0.4) is 0 Å². The van der Waals surface area contributed by atoms with Gasteiger partial charge in [-0.05, 0) is 31.3 Å². The lowest BCUT2D eigenvalue weighted by Crippen LogP contribution is -2.00. The molecule has 98 valence electrons. The third kappa shape index (κ3) is 2.09. The maximum atomic E-state index is 6.28. The summed E-state index contributed by atoms with van der Waals surface area (Å²) in [4.78, 5) is 3.18. The summed E-state index contributed by atoms with van der Waals surface area (Å²) in [6.07, 6.45) is 2.01. The van der Waals surface area contributed by atoms with Gasteiger partial charge < -0.3 is 9.55 Å². The highest BCUT2D eigenvalue weighted by atomic mass is 35.5. The molecule has 1 aromatic carbocycles. The molecule has 0 aliphatic rings. The Labute approximate surface area is 120 Å². The third-order valence-corrected chi connectivity index (χ3v) is 3.81. The molecule has 0 atom stereocenters. The molecule has 0 aliphatic carbocycles. The van der Waals surface area contributed by atoms with Crippen molar-refractivity contribution >= 4 is 34.9 Å². The van der Waals surface area contributed by atoms with E-state index in [0.29, 0.717) is 16.3 Å². The van der Waals surface area contributed by atoms with Gasteiger partial charge in [0.25, 0.3) is 0 Å². The highest BCUT2D eigenvalue weighted by Crippen LogP contribution is 2.24. The molecule has 0 saturated carbocycles. The van der Waals surface area contributed by atoms with E-state index in [1.807, 2.05) is 47.6 Å². The standard InChI is InChI=1S/C13H13ClN4S/c1-8-9(6-17(2)16-8)7-18-12-10(14)4-3-5-11(12)15-13(18)19/h3-6H,7H2,1-2H3,(H,15,19). The van der Waals surface area contributed by atoms with E-state index in [0.717, 1.165) is 22.3 Å². The minimum absolute atomic E-state index is 0.669. The van der Waals surface area contributed by atoms with E-state index in [2.05, 4.69) is 10.1 Å². The van der Waals surface area contributed by atoms with Crippen LogP contribution < -0.4 is 0 Å². The molecule has 0 unspecified atom stereocenters. The number of fused-ring (bicyclic) bond motifs is 1. The van der Waals surface area contributed by atoms with E-state index < -0.39 is 0 Å². The Bertz CT molecular complexity index is 812. The number of hydrogen-bond acceptors (Lipinski definition) is 2. The van der Waals surface area contributed by atoms with Crippen LogP contribution in [0.25, 0.3) is 11.0 Å². The van der Waals surface area contributed by atoms with Crippen LogP contribution in [0.1, 0.15) is 11.3 Å². The van der Waals surface area contributed by atoms with Crippen molar-refractivity contribution in [3.05, 3.63) is 45.4 Å². The summed E-state index contributed by atoms with van der Waals surface area (Å²) in [5.74, 6) is 0. The molecule has 2 heterocycles. The Hall–Kier alpha value is -1.59. The van der Waals surface area contributed by atoms with Crippen LogP contribution in [0.15, 0.2) is 24.4 Å². The minimum Gasteiger partial charge on any atom is -0.331 e. The molecule has 0 radical (unpaired) electrons. The predicted octanol–water partition coefficient (Wildman–Crippen LogP) is 3.44. The molecule has 3 aromatic rings. The number of H-pyrrole nitrogens is 1. The van der Waals surface area contributed by atoms with Gasteiger partial charge in [-0.15, -0.1) is 0 Å². The second-order valence-electron chi connectivity index (χ2n) is 4.57. The molecule has 0 aliphatic heterocycles. The molecule has 4 nitrogen and oxygen atoms in total. The molecular weight excluding hydrogens is 280 g/mol. The fourth-order valence-corrected chi connectivity index (χ4v) is 2.84. The molecule has 0 amide bonds. The van der Waals surface area contributed by atoms with Crippen LogP contribution in [-0.4, -0.2) is 19.3 Å². The van der Waals surface area contributed by atoms with Gasteiger partial charge in [0, 0.05) is 18.8 Å². The van der Waals surface area contributed by atoms with Gasteiger partial charge in [-0.1, -0.05) is 17.7 Å². The molecule has 0 bridgehead atoms. The summed E-state index contributed by atoms with van der Waals surface area (Å²) in [6, 6.07) is 5.76. The summed E-state index contributed by atoms with van der Waals surface area (Å²) in [7, 11) is 1.91. The lowest BCUT2D eigenvalue weighted by Gasteiger charge is -2.04. The number of nitrogens with one attached hydrogen (secondary N) is 1. The topological polar surface area (TPSA) is 38.5 Å². The Morgan fingerprint density at radius 3 is 2.89 bits per heavy atom. The summed E-state index contributed by atoms with van der Waals surface area (Å²) < 4.78 is 4.49. The quantitative estimate of drug-likeness (QED) is 0.735. The number of imidazole rings is 1. The molecule has 0 fully saturated rings. The van der Waals surface area contributed by atoms with Gasteiger partial charge in [-0.3, -0.25) is 4.68 Å². The first-order valence-electron chi connectivity index (χ1n) is 5.92. The second-order valence-corrected chi connectivity index (χ2v) is 5.36. The van der Waals surface area contributed by atoms with Crippen LogP contribution in [0, 0.1) is 11.7 Å². The van der Waals surface area contributed by atoms with Gasteiger partial charge in [-0.2, -0.15) is 5.10 Å². The number of aromatic nitrogens is 4. The summed E-state index contributed by atoms with van der Waals surface area (Å²) in [5.41, 5.74) is 4.04. The highest BCUT2D eigenvalue weighted by molar-refractivity contribution is 7.71. The maximum absolute atomic E-state index is 6.28. The molecule has 2 aromatic heterocycles. The fourth-order valence-electron chi connectivity index (χ4n) is 2.30. The summed E-state index contributed by atoms with van der Waals surface area (Å²) >= 11 is 11.7. The first-order valence-corrected chi connectivity index (χ1v) is 6.71. The monoisotopic (exact) mass is 292 g/mol. The normalized spacial score (nSPS) is 11.3. The van der Waals surface area contributed by atoms with Gasteiger partial charge in [0.05, 0.1) is 28.3 Å². The van der Waals surface area contributed by atoms with Crippen LogP contribution in [0.2, 0.25) is 5.02 Å². The van der Waals surface area contributed by atoms with Crippen LogP contribution in [-0.2, 0) is 13.6 Å². The second kappa shape index (κ2) is 4.51. The van der Waals surface area contributed by atoms with Crippen LogP contribution in [0.5, 0.6) is 0 Å². The Morgan fingerprint density at radius 2 is 2.21 bits per heavy atom. The van der Waals surface area contributed by atoms with E-state index in [1.54, 1.807) is 0 Å². The number of benzene rings is 1. The molecule has 0 spiro atoms. The van der Waals surface area contributed by atoms with Crippen LogP contribution in [0.4, 0.5) is 0 Å². The number of rotatable bonds is 2.